The van der Waals surface area contributed by atoms with E-state index < -0.39 is 0 Å². The lowest BCUT2D eigenvalue weighted by atomic mass is 9.98. The van der Waals surface area contributed by atoms with Gasteiger partial charge in [-0.3, -0.25) is 0 Å². The third kappa shape index (κ3) is 1.93. The number of aliphatic hydroxyl groups excluding tert-OH is 1. The van der Waals surface area contributed by atoms with Gasteiger partial charge in [0.05, 0.1) is 0 Å². The maximum Gasteiger partial charge on any atom is 0.252 e. The summed E-state index contributed by atoms with van der Waals surface area (Å²) in [7, 11) is 2.10. The summed E-state index contributed by atoms with van der Waals surface area (Å²) in [5.41, 5.74) is 0. The molecule has 78 valence electrons. The average Bonchev–Trinajstić information content (AvgIpc) is 2.66. The molecule has 1 atom stereocenters. The molecule has 0 radical (unpaired) electrons. The summed E-state index contributed by atoms with van der Waals surface area (Å²) in [6, 6.07) is 0. The fourth-order valence-corrected chi connectivity index (χ4v) is 1.88. The second-order valence-electron chi connectivity index (χ2n) is 3.81. The van der Waals surface area contributed by atoms with Crippen molar-refractivity contribution in [1.29, 1.82) is 0 Å². The Bertz CT molecular complexity index is 300. The van der Waals surface area contributed by atoms with Gasteiger partial charge in [0.15, 0.2) is 5.82 Å². The summed E-state index contributed by atoms with van der Waals surface area (Å²) < 4.78 is 4.87. The molecule has 0 spiro atoms. The third-order valence-corrected chi connectivity index (χ3v) is 2.61. The fourth-order valence-electron chi connectivity index (χ4n) is 1.88. The van der Waals surface area contributed by atoms with Crippen molar-refractivity contribution in [2.45, 2.75) is 25.4 Å². The second kappa shape index (κ2) is 4.06. The van der Waals surface area contributed by atoms with Crippen molar-refractivity contribution in [3.05, 3.63) is 11.7 Å². The summed E-state index contributed by atoms with van der Waals surface area (Å²) in [6.45, 7) is 1.95. The second-order valence-corrected chi connectivity index (χ2v) is 3.81. The Balaban J connectivity index is 2.06. The van der Waals surface area contributed by atoms with E-state index in [2.05, 4.69) is 22.1 Å². The Hall–Kier alpha value is -0.940. The van der Waals surface area contributed by atoms with Gasteiger partial charge in [0, 0.05) is 12.5 Å². The fraction of sp³-hybridized carbons (Fsp3) is 0.778. The Morgan fingerprint density at radius 1 is 1.64 bits per heavy atom. The number of likely N-dealkylation sites (tertiary alicyclic amines) is 1. The van der Waals surface area contributed by atoms with Crippen LogP contribution in [0.3, 0.4) is 0 Å². The van der Waals surface area contributed by atoms with Gasteiger partial charge >= 0.3 is 0 Å². The Kier molecular flexibility index (Phi) is 2.79. The third-order valence-electron chi connectivity index (χ3n) is 2.61. The van der Waals surface area contributed by atoms with E-state index >= 15 is 0 Å². The molecule has 1 fully saturated rings. The molecule has 1 aromatic rings. The minimum Gasteiger partial charge on any atom is -0.387 e. The van der Waals surface area contributed by atoms with Gasteiger partial charge in [0.1, 0.15) is 6.61 Å². The number of hydrogen-bond donors (Lipinski definition) is 1. The van der Waals surface area contributed by atoms with E-state index in [4.69, 9.17) is 9.63 Å². The summed E-state index contributed by atoms with van der Waals surface area (Å²) in [5, 5.41) is 12.7. The molecule has 1 aliphatic rings. The first-order chi connectivity index (χ1) is 6.79. The van der Waals surface area contributed by atoms with E-state index in [9.17, 15) is 0 Å². The van der Waals surface area contributed by atoms with Crippen molar-refractivity contribution in [3.8, 4) is 0 Å². The molecule has 0 saturated carbocycles. The lowest BCUT2D eigenvalue weighted by Crippen LogP contribution is -2.31. The smallest absolute Gasteiger partial charge is 0.252 e. The van der Waals surface area contributed by atoms with Gasteiger partial charge in [0.25, 0.3) is 5.89 Å². The molecule has 5 nitrogen and oxygen atoms in total. The van der Waals surface area contributed by atoms with Crippen molar-refractivity contribution in [3.63, 3.8) is 0 Å². The number of aliphatic hydroxyl groups is 1. The van der Waals surface area contributed by atoms with Crippen molar-refractivity contribution < 1.29 is 9.63 Å². The van der Waals surface area contributed by atoms with Crippen LogP contribution < -0.4 is 0 Å². The van der Waals surface area contributed by atoms with Crippen molar-refractivity contribution in [2.75, 3.05) is 20.1 Å². The van der Waals surface area contributed by atoms with Gasteiger partial charge in [-0.25, -0.2) is 0 Å². The molecule has 1 unspecified atom stereocenters. The maximum absolute atomic E-state index is 8.79. The van der Waals surface area contributed by atoms with Crippen LogP contribution in [0.2, 0.25) is 0 Å². The van der Waals surface area contributed by atoms with Crippen molar-refractivity contribution in [2.24, 2.45) is 0 Å². The van der Waals surface area contributed by atoms with Crippen LogP contribution in [-0.2, 0) is 6.61 Å². The van der Waals surface area contributed by atoms with E-state index in [-0.39, 0.29) is 6.61 Å². The maximum atomic E-state index is 8.79. The number of nitrogens with zero attached hydrogens (tertiary/aromatic N) is 3. The average molecular weight is 197 g/mol. The van der Waals surface area contributed by atoms with Crippen LogP contribution in [0.1, 0.15) is 30.5 Å². The predicted octanol–water partition coefficient (Wildman–Crippen LogP) is 0.371. The molecule has 2 rings (SSSR count). The van der Waals surface area contributed by atoms with Crippen LogP contribution >= 0.6 is 0 Å². The van der Waals surface area contributed by atoms with E-state index in [0.717, 1.165) is 25.3 Å². The highest BCUT2D eigenvalue weighted by atomic mass is 16.5. The van der Waals surface area contributed by atoms with Crippen LogP contribution in [0.5, 0.6) is 0 Å². The lowest BCUT2D eigenvalue weighted by Gasteiger charge is -2.27. The molecule has 2 heterocycles. The zero-order valence-corrected chi connectivity index (χ0v) is 8.31. The zero-order valence-electron chi connectivity index (χ0n) is 8.31. The van der Waals surface area contributed by atoms with Gasteiger partial charge in [-0.1, -0.05) is 5.16 Å². The highest BCUT2D eigenvalue weighted by molar-refractivity contribution is 4.97. The SMILES string of the molecule is CN1CCCC(c2noc(CO)n2)C1. The molecule has 0 aromatic carbocycles. The van der Waals surface area contributed by atoms with Gasteiger partial charge in [-0.15, -0.1) is 0 Å². The number of hydrogen-bond acceptors (Lipinski definition) is 5. The molecule has 5 heteroatoms. The van der Waals surface area contributed by atoms with Gasteiger partial charge in [-0.05, 0) is 26.4 Å². The van der Waals surface area contributed by atoms with Crippen molar-refractivity contribution >= 4 is 0 Å². The number of likely N-dealkylation sites (N-methyl/N-ethyl adjacent to an activating group) is 1. The molecule has 0 bridgehead atoms. The van der Waals surface area contributed by atoms with E-state index in [1.54, 1.807) is 0 Å². The highest BCUT2D eigenvalue weighted by Gasteiger charge is 2.23. The summed E-state index contributed by atoms with van der Waals surface area (Å²) >= 11 is 0. The number of aromatic nitrogens is 2. The molecular formula is C9H15N3O2. The summed E-state index contributed by atoms with van der Waals surface area (Å²) in [4.78, 5) is 6.40. The first-order valence-corrected chi connectivity index (χ1v) is 4.91. The summed E-state index contributed by atoms with van der Waals surface area (Å²) in [6.07, 6.45) is 2.28. The molecule has 1 saturated heterocycles. The molecule has 1 aliphatic heterocycles. The molecule has 1 N–H and O–H groups in total. The molecule has 14 heavy (non-hydrogen) atoms. The first-order valence-electron chi connectivity index (χ1n) is 4.91. The number of piperidine rings is 1. The predicted molar refractivity (Wildman–Crippen MR) is 49.7 cm³/mol. The molecule has 1 aromatic heterocycles. The van der Waals surface area contributed by atoms with Gasteiger partial charge < -0.3 is 14.5 Å². The van der Waals surface area contributed by atoms with Crippen LogP contribution in [0, 0.1) is 0 Å². The zero-order chi connectivity index (χ0) is 9.97. The number of rotatable bonds is 2. The van der Waals surface area contributed by atoms with Crippen LogP contribution in [0.4, 0.5) is 0 Å². The molecular weight excluding hydrogens is 182 g/mol. The van der Waals surface area contributed by atoms with Crippen LogP contribution in [-0.4, -0.2) is 40.3 Å². The van der Waals surface area contributed by atoms with Gasteiger partial charge in [-0.2, -0.15) is 4.98 Å². The molecule has 0 aliphatic carbocycles. The van der Waals surface area contributed by atoms with Crippen LogP contribution in [0.25, 0.3) is 0 Å². The van der Waals surface area contributed by atoms with Gasteiger partial charge in [0.2, 0.25) is 0 Å². The standard InChI is InChI=1S/C9H15N3O2/c1-12-4-2-3-7(5-12)9-10-8(6-13)14-11-9/h7,13H,2-6H2,1H3. The normalized spacial score (nSPS) is 24.0. The largest absolute Gasteiger partial charge is 0.387 e. The van der Waals surface area contributed by atoms with E-state index in [1.807, 2.05) is 0 Å². The quantitative estimate of drug-likeness (QED) is 0.742. The monoisotopic (exact) mass is 197 g/mol. The molecule has 0 amide bonds. The Morgan fingerprint density at radius 3 is 3.14 bits per heavy atom. The lowest BCUT2D eigenvalue weighted by molar-refractivity contribution is 0.220. The van der Waals surface area contributed by atoms with E-state index in [1.165, 1.54) is 6.42 Å². The Labute approximate surface area is 82.7 Å². The minimum absolute atomic E-state index is 0.171. The topological polar surface area (TPSA) is 62.4 Å². The van der Waals surface area contributed by atoms with Crippen molar-refractivity contribution in [1.82, 2.24) is 15.0 Å². The van der Waals surface area contributed by atoms with E-state index in [0.29, 0.717) is 11.8 Å². The summed E-state index contributed by atoms with van der Waals surface area (Å²) in [5.74, 6) is 1.41. The van der Waals surface area contributed by atoms with Crippen LogP contribution in [0.15, 0.2) is 4.52 Å². The minimum atomic E-state index is -0.171. The first kappa shape index (κ1) is 9.61. The highest BCUT2D eigenvalue weighted by Crippen LogP contribution is 2.23. The Morgan fingerprint density at radius 2 is 2.50 bits per heavy atom.